The number of aryl methyl sites for hydroxylation is 1. The quantitative estimate of drug-likeness (QED) is 0.913. The van der Waals surface area contributed by atoms with Gasteiger partial charge in [-0.25, -0.2) is 4.79 Å². The van der Waals surface area contributed by atoms with Crippen molar-refractivity contribution in [3.8, 4) is 5.75 Å². The van der Waals surface area contributed by atoms with Crippen molar-refractivity contribution >= 4 is 17.6 Å². The SMILES string of the molecule is Cc1ccc(C[C@@H](Oc2ccc(Cl)cc2)C(=O)O)cc1. The molecule has 1 N–H and O–H groups in total. The van der Waals surface area contributed by atoms with Gasteiger partial charge in [0, 0.05) is 11.4 Å². The lowest BCUT2D eigenvalue weighted by Gasteiger charge is -2.15. The van der Waals surface area contributed by atoms with Crippen LogP contribution in [0.1, 0.15) is 11.1 Å². The highest BCUT2D eigenvalue weighted by Gasteiger charge is 2.20. The molecular formula is C16H15ClO3. The third-order valence-electron chi connectivity index (χ3n) is 2.91. The smallest absolute Gasteiger partial charge is 0.345 e. The number of carboxylic acid groups (broad SMARTS) is 1. The average Bonchev–Trinajstić information content (AvgIpc) is 2.42. The van der Waals surface area contributed by atoms with E-state index in [0.29, 0.717) is 17.2 Å². The summed E-state index contributed by atoms with van der Waals surface area (Å²) in [5, 5.41) is 9.84. The van der Waals surface area contributed by atoms with Crippen molar-refractivity contribution < 1.29 is 14.6 Å². The first-order valence-corrected chi connectivity index (χ1v) is 6.63. The largest absolute Gasteiger partial charge is 0.478 e. The zero-order valence-electron chi connectivity index (χ0n) is 11.0. The standard InChI is InChI=1S/C16H15ClO3/c1-11-2-4-12(5-3-11)10-15(16(18)19)20-14-8-6-13(17)7-9-14/h2-9,15H,10H2,1H3,(H,18,19)/t15-/m1/s1. The number of halogens is 1. The van der Waals surface area contributed by atoms with Gasteiger partial charge in [-0.1, -0.05) is 41.4 Å². The molecule has 4 heteroatoms. The Hall–Kier alpha value is -2.00. The summed E-state index contributed by atoms with van der Waals surface area (Å²) in [5.41, 5.74) is 2.07. The lowest BCUT2D eigenvalue weighted by Crippen LogP contribution is -2.29. The number of hydrogen-bond donors (Lipinski definition) is 1. The predicted molar refractivity (Wildman–Crippen MR) is 78.4 cm³/mol. The van der Waals surface area contributed by atoms with Gasteiger partial charge in [0.05, 0.1) is 0 Å². The van der Waals surface area contributed by atoms with E-state index in [1.807, 2.05) is 31.2 Å². The summed E-state index contributed by atoms with van der Waals surface area (Å²) in [6.45, 7) is 1.99. The number of carboxylic acids is 1. The normalized spacial score (nSPS) is 11.9. The fourth-order valence-electron chi connectivity index (χ4n) is 1.80. The number of aliphatic carboxylic acids is 1. The van der Waals surface area contributed by atoms with E-state index in [9.17, 15) is 9.90 Å². The van der Waals surface area contributed by atoms with Crippen LogP contribution in [0.25, 0.3) is 0 Å². The summed E-state index contributed by atoms with van der Waals surface area (Å²) >= 11 is 5.78. The maximum absolute atomic E-state index is 11.3. The van der Waals surface area contributed by atoms with Crippen molar-refractivity contribution in [1.29, 1.82) is 0 Å². The van der Waals surface area contributed by atoms with Crippen LogP contribution in [-0.2, 0) is 11.2 Å². The molecular weight excluding hydrogens is 276 g/mol. The molecule has 2 rings (SSSR count). The molecule has 2 aromatic rings. The Kier molecular flexibility index (Phi) is 4.64. The van der Waals surface area contributed by atoms with Gasteiger partial charge in [-0.2, -0.15) is 0 Å². The molecule has 0 saturated carbocycles. The summed E-state index contributed by atoms with van der Waals surface area (Å²) in [4.78, 5) is 11.3. The minimum atomic E-state index is -0.986. The predicted octanol–water partition coefficient (Wildman–Crippen LogP) is 3.72. The molecule has 0 radical (unpaired) electrons. The number of benzene rings is 2. The van der Waals surface area contributed by atoms with E-state index in [1.54, 1.807) is 24.3 Å². The molecule has 0 aliphatic heterocycles. The van der Waals surface area contributed by atoms with Crippen LogP contribution in [0.4, 0.5) is 0 Å². The van der Waals surface area contributed by atoms with Crippen LogP contribution in [-0.4, -0.2) is 17.2 Å². The van der Waals surface area contributed by atoms with Crippen LogP contribution in [0.2, 0.25) is 5.02 Å². The van der Waals surface area contributed by atoms with Crippen molar-refractivity contribution in [1.82, 2.24) is 0 Å². The third kappa shape index (κ3) is 4.00. The van der Waals surface area contributed by atoms with E-state index < -0.39 is 12.1 Å². The molecule has 3 nitrogen and oxygen atoms in total. The fourth-order valence-corrected chi connectivity index (χ4v) is 1.92. The number of carbonyl (C=O) groups is 1. The topological polar surface area (TPSA) is 46.5 Å². The van der Waals surface area contributed by atoms with Gasteiger partial charge in [0.2, 0.25) is 0 Å². The van der Waals surface area contributed by atoms with Crippen molar-refractivity contribution in [2.24, 2.45) is 0 Å². The van der Waals surface area contributed by atoms with Gasteiger partial charge in [-0.05, 0) is 36.8 Å². The average molecular weight is 291 g/mol. The molecule has 2 aromatic carbocycles. The van der Waals surface area contributed by atoms with E-state index in [-0.39, 0.29) is 0 Å². The maximum Gasteiger partial charge on any atom is 0.345 e. The van der Waals surface area contributed by atoms with Crippen LogP contribution >= 0.6 is 11.6 Å². The van der Waals surface area contributed by atoms with Gasteiger partial charge < -0.3 is 9.84 Å². The molecule has 0 aliphatic carbocycles. The fraction of sp³-hybridized carbons (Fsp3) is 0.188. The zero-order chi connectivity index (χ0) is 14.5. The summed E-state index contributed by atoms with van der Waals surface area (Å²) < 4.78 is 5.51. The van der Waals surface area contributed by atoms with E-state index in [1.165, 1.54) is 0 Å². The molecule has 0 fully saturated rings. The molecule has 0 aromatic heterocycles. The summed E-state index contributed by atoms with van der Waals surface area (Å²) in [5.74, 6) is -0.491. The van der Waals surface area contributed by atoms with Gasteiger partial charge in [-0.3, -0.25) is 0 Å². The summed E-state index contributed by atoms with van der Waals surface area (Å²) in [7, 11) is 0. The second-order valence-corrected chi connectivity index (χ2v) is 5.02. The lowest BCUT2D eigenvalue weighted by molar-refractivity contribution is -0.145. The molecule has 104 valence electrons. The Morgan fingerprint density at radius 3 is 2.30 bits per heavy atom. The van der Waals surface area contributed by atoms with E-state index >= 15 is 0 Å². The molecule has 0 bridgehead atoms. The molecule has 0 spiro atoms. The first-order chi connectivity index (χ1) is 9.54. The first-order valence-electron chi connectivity index (χ1n) is 6.25. The third-order valence-corrected chi connectivity index (χ3v) is 3.16. The van der Waals surface area contributed by atoms with Crippen LogP contribution in [0.15, 0.2) is 48.5 Å². The van der Waals surface area contributed by atoms with Crippen molar-refractivity contribution in [2.75, 3.05) is 0 Å². The van der Waals surface area contributed by atoms with Gasteiger partial charge in [-0.15, -0.1) is 0 Å². The highest BCUT2D eigenvalue weighted by atomic mass is 35.5. The Morgan fingerprint density at radius 1 is 1.15 bits per heavy atom. The lowest BCUT2D eigenvalue weighted by atomic mass is 10.1. The molecule has 0 aliphatic rings. The van der Waals surface area contributed by atoms with Crippen LogP contribution < -0.4 is 4.74 Å². The molecule has 0 amide bonds. The highest BCUT2D eigenvalue weighted by molar-refractivity contribution is 6.30. The van der Waals surface area contributed by atoms with Crippen molar-refractivity contribution in [3.05, 3.63) is 64.7 Å². The molecule has 20 heavy (non-hydrogen) atoms. The van der Waals surface area contributed by atoms with Gasteiger partial charge in [0.15, 0.2) is 6.10 Å². The second-order valence-electron chi connectivity index (χ2n) is 4.59. The van der Waals surface area contributed by atoms with E-state index in [0.717, 1.165) is 11.1 Å². The minimum absolute atomic E-state index is 0.318. The monoisotopic (exact) mass is 290 g/mol. The Morgan fingerprint density at radius 2 is 1.75 bits per heavy atom. The van der Waals surface area contributed by atoms with Crippen LogP contribution in [0.5, 0.6) is 5.75 Å². The highest BCUT2D eigenvalue weighted by Crippen LogP contribution is 2.18. The zero-order valence-corrected chi connectivity index (χ0v) is 11.8. The second kappa shape index (κ2) is 6.44. The number of hydrogen-bond acceptors (Lipinski definition) is 2. The van der Waals surface area contributed by atoms with Gasteiger partial charge in [0.1, 0.15) is 5.75 Å². The minimum Gasteiger partial charge on any atom is -0.478 e. The summed E-state index contributed by atoms with van der Waals surface area (Å²) in [6, 6.07) is 14.4. The van der Waals surface area contributed by atoms with Crippen molar-refractivity contribution in [2.45, 2.75) is 19.4 Å². The van der Waals surface area contributed by atoms with E-state index in [4.69, 9.17) is 16.3 Å². The molecule has 0 saturated heterocycles. The molecule has 1 atom stereocenters. The molecule has 0 heterocycles. The maximum atomic E-state index is 11.3. The van der Waals surface area contributed by atoms with Crippen LogP contribution in [0, 0.1) is 6.92 Å². The van der Waals surface area contributed by atoms with Crippen LogP contribution in [0.3, 0.4) is 0 Å². The van der Waals surface area contributed by atoms with Gasteiger partial charge >= 0.3 is 5.97 Å². The Balaban J connectivity index is 2.09. The Labute approximate surface area is 122 Å². The van der Waals surface area contributed by atoms with Gasteiger partial charge in [0.25, 0.3) is 0 Å². The number of rotatable bonds is 5. The molecule has 0 unspecified atom stereocenters. The summed E-state index contributed by atoms with van der Waals surface area (Å²) in [6.07, 6.45) is -0.600. The Bertz CT molecular complexity index is 528. The number of ether oxygens (including phenoxy) is 1. The van der Waals surface area contributed by atoms with Crippen molar-refractivity contribution in [3.63, 3.8) is 0 Å². The first kappa shape index (κ1) is 14.4. The van der Waals surface area contributed by atoms with E-state index in [2.05, 4.69) is 0 Å².